The minimum atomic E-state index is -0.413. The zero-order chi connectivity index (χ0) is 13.3. The van der Waals surface area contributed by atoms with Crippen LogP contribution in [0.2, 0.25) is 0 Å². The van der Waals surface area contributed by atoms with Crippen LogP contribution in [0.3, 0.4) is 0 Å². The zero-order valence-electron chi connectivity index (χ0n) is 11.9. The maximum atomic E-state index is 10.4. The fraction of sp³-hybridized carbons (Fsp3) is 0.625. The third-order valence-electron chi connectivity index (χ3n) is 3.80. The molecule has 100 valence electrons. The van der Waals surface area contributed by atoms with Gasteiger partial charge in [0.1, 0.15) is 11.4 Å². The van der Waals surface area contributed by atoms with Crippen LogP contribution in [-0.4, -0.2) is 10.7 Å². The molecule has 0 spiro atoms. The van der Waals surface area contributed by atoms with Crippen molar-refractivity contribution in [2.45, 2.75) is 58.7 Å². The highest BCUT2D eigenvalue weighted by Crippen LogP contribution is 2.41. The Bertz CT molecular complexity index is 423. The molecule has 2 atom stereocenters. The number of ether oxygens (including phenoxy) is 1. The van der Waals surface area contributed by atoms with Crippen LogP contribution in [0.1, 0.15) is 57.8 Å². The third-order valence-corrected chi connectivity index (χ3v) is 3.80. The number of para-hydroxylation sites is 1. The number of fused-ring (bicyclic) bond motifs is 1. The highest BCUT2D eigenvalue weighted by atomic mass is 16.5. The molecule has 0 amide bonds. The van der Waals surface area contributed by atoms with Crippen LogP contribution in [0.15, 0.2) is 18.2 Å². The Morgan fingerprint density at radius 2 is 2.11 bits per heavy atom. The number of aliphatic hydroxyl groups is 1. The summed E-state index contributed by atoms with van der Waals surface area (Å²) < 4.78 is 6.00. The Kier molecular flexibility index (Phi) is 3.67. The van der Waals surface area contributed by atoms with Gasteiger partial charge in [0.25, 0.3) is 0 Å². The summed E-state index contributed by atoms with van der Waals surface area (Å²) in [5, 5.41) is 10.4. The molecule has 1 aliphatic rings. The lowest BCUT2D eigenvalue weighted by Crippen LogP contribution is -2.25. The lowest BCUT2D eigenvalue weighted by Gasteiger charge is -2.21. The lowest BCUT2D eigenvalue weighted by molar-refractivity contribution is 0.117. The van der Waals surface area contributed by atoms with E-state index < -0.39 is 6.10 Å². The quantitative estimate of drug-likeness (QED) is 0.876. The first kappa shape index (κ1) is 13.4. The van der Waals surface area contributed by atoms with Crippen molar-refractivity contribution in [3.8, 4) is 5.75 Å². The summed E-state index contributed by atoms with van der Waals surface area (Å²) in [6, 6.07) is 6.12. The second-order valence-electron chi connectivity index (χ2n) is 6.14. The van der Waals surface area contributed by atoms with Gasteiger partial charge in [-0.25, -0.2) is 0 Å². The van der Waals surface area contributed by atoms with E-state index in [-0.39, 0.29) is 5.60 Å². The molecule has 0 fully saturated rings. The summed E-state index contributed by atoms with van der Waals surface area (Å²) in [6.45, 7) is 8.53. The van der Waals surface area contributed by atoms with Crippen LogP contribution in [-0.2, 0) is 6.42 Å². The number of aliphatic hydroxyl groups excluding tert-OH is 1. The van der Waals surface area contributed by atoms with Gasteiger partial charge >= 0.3 is 0 Å². The Balaban J connectivity index is 2.23. The second-order valence-corrected chi connectivity index (χ2v) is 6.14. The van der Waals surface area contributed by atoms with E-state index in [0.29, 0.717) is 5.92 Å². The van der Waals surface area contributed by atoms with Crippen LogP contribution in [0.5, 0.6) is 5.75 Å². The van der Waals surface area contributed by atoms with Gasteiger partial charge < -0.3 is 9.84 Å². The van der Waals surface area contributed by atoms with E-state index in [1.165, 1.54) is 5.56 Å². The summed E-state index contributed by atoms with van der Waals surface area (Å²) >= 11 is 0. The van der Waals surface area contributed by atoms with Gasteiger partial charge in [0, 0.05) is 12.0 Å². The monoisotopic (exact) mass is 248 g/mol. The highest BCUT2D eigenvalue weighted by molar-refractivity contribution is 5.46. The maximum Gasteiger partial charge on any atom is 0.129 e. The van der Waals surface area contributed by atoms with Crippen molar-refractivity contribution in [1.82, 2.24) is 0 Å². The molecule has 1 aromatic rings. The average molecular weight is 248 g/mol. The van der Waals surface area contributed by atoms with Crippen LogP contribution in [0, 0.1) is 5.92 Å². The smallest absolute Gasteiger partial charge is 0.129 e. The summed E-state index contributed by atoms with van der Waals surface area (Å²) in [7, 11) is 0. The van der Waals surface area contributed by atoms with E-state index in [0.717, 1.165) is 30.6 Å². The van der Waals surface area contributed by atoms with Gasteiger partial charge in [0.15, 0.2) is 0 Å². The van der Waals surface area contributed by atoms with Crippen LogP contribution >= 0.6 is 0 Å². The minimum Gasteiger partial charge on any atom is -0.487 e. The Morgan fingerprint density at radius 1 is 1.39 bits per heavy atom. The van der Waals surface area contributed by atoms with Gasteiger partial charge in [0.05, 0.1) is 6.10 Å². The topological polar surface area (TPSA) is 29.5 Å². The fourth-order valence-electron chi connectivity index (χ4n) is 2.58. The molecule has 18 heavy (non-hydrogen) atoms. The van der Waals surface area contributed by atoms with Gasteiger partial charge in [0.2, 0.25) is 0 Å². The largest absolute Gasteiger partial charge is 0.487 e. The molecule has 0 radical (unpaired) electrons. The van der Waals surface area contributed by atoms with Crippen molar-refractivity contribution >= 4 is 0 Å². The van der Waals surface area contributed by atoms with E-state index in [9.17, 15) is 5.11 Å². The molecule has 0 saturated heterocycles. The summed E-state index contributed by atoms with van der Waals surface area (Å²) in [4.78, 5) is 0. The molecule has 1 aromatic carbocycles. The molecule has 0 aromatic heterocycles. The first-order valence-corrected chi connectivity index (χ1v) is 6.92. The van der Waals surface area contributed by atoms with Crippen LogP contribution in [0.25, 0.3) is 0 Å². The standard InChI is InChI=1S/C16H24O2/c1-5-11(2)9-14(17)13-8-6-7-12-10-16(3,4)18-15(12)13/h6-8,11,14,17H,5,9-10H2,1-4H3. The third kappa shape index (κ3) is 2.69. The number of hydrogen-bond donors (Lipinski definition) is 1. The molecule has 0 bridgehead atoms. The van der Waals surface area contributed by atoms with E-state index >= 15 is 0 Å². The van der Waals surface area contributed by atoms with E-state index in [1.807, 2.05) is 12.1 Å². The van der Waals surface area contributed by atoms with Crippen molar-refractivity contribution in [3.05, 3.63) is 29.3 Å². The first-order valence-electron chi connectivity index (χ1n) is 6.92. The molecule has 2 nitrogen and oxygen atoms in total. The normalized spacial score (nSPS) is 20.1. The van der Waals surface area contributed by atoms with Gasteiger partial charge in [-0.1, -0.05) is 38.5 Å². The van der Waals surface area contributed by atoms with Crippen molar-refractivity contribution in [3.63, 3.8) is 0 Å². The van der Waals surface area contributed by atoms with E-state index in [1.54, 1.807) is 0 Å². The Labute approximate surface area is 110 Å². The van der Waals surface area contributed by atoms with Gasteiger partial charge in [-0.15, -0.1) is 0 Å². The Hall–Kier alpha value is -1.02. The average Bonchev–Trinajstić information content (AvgIpc) is 2.61. The van der Waals surface area contributed by atoms with E-state index in [4.69, 9.17) is 4.74 Å². The Morgan fingerprint density at radius 3 is 2.78 bits per heavy atom. The molecule has 2 heteroatoms. The van der Waals surface area contributed by atoms with Crippen LogP contribution in [0.4, 0.5) is 0 Å². The SMILES string of the molecule is CCC(C)CC(O)c1cccc2c1OC(C)(C)C2. The molecule has 0 saturated carbocycles. The lowest BCUT2D eigenvalue weighted by atomic mass is 9.94. The highest BCUT2D eigenvalue weighted by Gasteiger charge is 2.33. The predicted octanol–water partition coefficient (Wildman–Crippen LogP) is 3.87. The first-order chi connectivity index (χ1) is 8.43. The van der Waals surface area contributed by atoms with Gasteiger partial charge in [-0.05, 0) is 31.7 Å². The molecular weight excluding hydrogens is 224 g/mol. The molecular formula is C16H24O2. The van der Waals surface area contributed by atoms with Crippen LogP contribution < -0.4 is 4.74 Å². The second kappa shape index (κ2) is 4.93. The van der Waals surface area contributed by atoms with Gasteiger partial charge in [-0.3, -0.25) is 0 Å². The summed E-state index contributed by atoms with van der Waals surface area (Å²) in [5.74, 6) is 1.45. The molecule has 1 N–H and O–H groups in total. The molecule has 1 heterocycles. The van der Waals surface area contributed by atoms with Crippen molar-refractivity contribution < 1.29 is 9.84 Å². The van der Waals surface area contributed by atoms with Crippen molar-refractivity contribution in [2.75, 3.05) is 0 Å². The fourth-order valence-corrected chi connectivity index (χ4v) is 2.58. The summed E-state index contributed by atoms with van der Waals surface area (Å²) in [5.41, 5.74) is 2.04. The molecule has 0 aliphatic carbocycles. The molecule has 2 unspecified atom stereocenters. The molecule has 1 aliphatic heterocycles. The molecule has 2 rings (SSSR count). The van der Waals surface area contributed by atoms with E-state index in [2.05, 4.69) is 33.8 Å². The van der Waals surface area contributed by atoms with Gasteiger partial charge in [-0.2, -0.15) is 0 Å². The minimum absolute atomic E-state index is 0.144. The maximum absolute atomic E-state index is 10.4. The van der Waals surface area contributed by atoms with Crippen molar-refractivity contribution in [1.29, 1.82) is 0 Å². The number of hydrogen-bond acceptors (Lipinski definition) is 2. The summed E-state index contributed by atoms with van der Waals surface area (Å²) in [6.07, 6.45) is 2.41. The number of rotatable bonds is 4. The number of benzene rings is 1. The zero-order valence-corrected chi connectivity index (χ0v) is 11.9. The van der Waals surface area contributed by atoms with Crippen molar-refractivity contribution in [2.24, 2.45) is 5.92 Å². The predicted molar refractivity (Wildman–Crippen MR) is 73.9 cm³/mol.